The topological polar surface area (TPSA) is 126 Å². The number of nitrogens with one attached hydrogen (secondary N) is 1. The molecule has 12 nitrogen and oxygen atoms in total. The third-order valence-electron chi connectivity index (χ3n) is 7.39. The highest BCUT2D eigenvalue weighted by Crippen LogP contribution is 2.37. The lowest BCUT2D eigenvalue weighted by molar-refractivity contribution is -0.389. The first-order valence-corrected chi connectivity index (χ1v) is 12.6. The molecule has 2 fully saturated rings. The summed E-state index contributed by atoms with van der Waals surface area (Å²) in [7, 11) is 0. The Kier molecular flexibility index (Phi) is 7.20. The number of hydrogen-bond donors (Lipinski definition) is 1. The monoisotopic (exact) mass is 551 g/mol. The minimum Gasteiger partial charge on any atom is -0.437 e. The van der Waals surface area contributed by atoms with Gasteiger partial charge < -0.3 is 25.1 Å². The maximum atomic E-state index is 12.9. The number of amides is 2. The summed E-state index contributed by atoms with van der Waals surface area (Å²) in [6, 6.07) is 4.56. The molecule has 4 heterocycles. The van der Waals surface area contributed by atoms with Crippen LogP contribution in [0.1, 0.15) is 18.4 Å². The molecule has 210 valence electrons. The van der Waals surface area contributed by atoms with Crippen LogP contribution in [0.3, 0.4) is 0 Å². The van der Waals surface area contributed by atoms with Crippen LogP contribution in [-0.2, 0) is 22.3 Å². The number of benzene rings is 1. The van der Waals surface area contributed by atoms with Gasteiger partial charge in [-0.05, 0) is 29.2 Å². The first-order chi connectivity index (χ1) is 18.5. The van der Waals surface area contributed by atoms with E-state index >= 15 is 0 Å². The maximum Gasteiger partial charge on any atom is 0.416 e. The van der Waals surface area contributed by atoms with Crippen molar-refractivity contribution in [1.29, 1.82) is 0 Å². The number of aromatic nitrogens is 2. The third kappa shape index (κ3) is 6.14. The summed E-state index contributed by atoms with van der Waals surface area (Å²) in [5.74, 6) is -0.538. The molecule has 0 aliphatic carbocycles. The fourth-order valence-electron chi connectivity index (χ4n) is 5.17. The van der Waals surface area contributed by atoms with Crippen molar-refractivity contribution in [2.75, 3.05) is 57.7 Å². The van der Waals surface area contributed by atoms with Gasteiger partial charge in [-0.2, -0.15) is 13.2 Å². The van der Waals surface area contributed by atoms with Gasteiger partial charge in [-0.25, -0.2) is 0 Å². The van der Waals surface area contributed by atoms with Crippen LogP contribution in [0, 0.1) is 10.1 Å². The van der Waals surface area contributed by atoms with E-state index in [0.29, 0.717) is 64.3 Å². The van der Waals surface area contributed by atoms with Crippen LogP contribution in [0.4, 0.5) is 24.7 Å². The Bertz CT molecular complexity index is 1210. The molecule has 0 saturated carbocycles. The number of carbonyl (C=O) groups is 2. The number of carbonyl (C=O) groups excluding carboxylic acids is 2. The van der Waals surface area contributed by atoms with Gasteiger partial charge in [0, 0.05) is 62.8 Å². The number of likely N-dealkylation sites (tertiary alicyclic amines) is 1. The van der Waals surface area contributed by atoms with Crippen molar-refractivity contribution in [3.05, 3.63) is 46.1 Å². The summed E-state index contributed by atoms with van der Waals surface area (Å²) in [5.41, 5.74) is -0.973. The Balaban J connectivity index is 1.01. The molecule has 2 aromatic rings. The minimum absolute atomic E-state index is 0.0183. The smallest absolute Gasteiger partial charge is 0.416 e. The Hall–Kier alpha value is -3.72. The minimum atomic E-state index is -4.43. The number of imidazole rings is 1. The summed E-state index contributed by atoms with van der Waals surface area (Å²) < 4.78 is 45.7. The fourth-order valence-corrected chi connectivity index (χ4v) is 5.17. The first kappa shape index (κ1) is 26.9. The van der Waals surface area contributed by atoms with E-state index in [0.717, 1.165) is 12.1 Å². The van der Waals surface area contributed by atoms with E-state index in [9.17, 15) is 32.9 Å². The second kappa shape index (κ2) is 10.4. The number of piperidine rings is 1. The third-order valence-corrected chi connectivity index (χ3v) is 7.39. The number of piperazine rings is 1. The average Bonchev–Trinajstić information content (AvgIpc) is 3.41. The summed E-state index contributed by atoms with van der Waals surface area (Å²) >= 11 is 0. The molecule has 3 aliphatic rings. The van der Waals surface area contributed by atoms with E-state index in [1.807, 2.05) is 14.7 Å². The molecule has 1 aromatic heterocycles. The molecule has 1 N–H and O–H groups in total. The van der Waals surface area contributed by atoms with Crippen LogP contribution in [0.25, 0.3) is 0 Å². The first-order valence-electron chi connectivity index (χ1n) is 12.6. The number of ether oxygens (including phenoxy) is 1. The van der Waals surface area contributed by atoms with E-state index < -0.39 is 22.3 Å². The van der Waals surface area contributed by atoms with Crippen LogP contribution < -0.4 is 10.1 Å². The maximum absolute atomic E-state index is 12.9. The Morgan fingerprint density at radius 3 is 2.21 bits per heavy atom. The number of alkyl halides is 3. The van der Waals surface area contributed by atoms with E-state index in [1.165, 1.54) is 18.3 Å². The lowest BCUT2D eigenvalue weighted by atomic mass is 9.91. The van der Waals surface area contributed by atoms with Gasteiger partial charge in [0.15, 0.2) is 0 Å². The van der Waals surface area contributed by atoms with E-state index in [4.69, 9.17) is 4.74 Å². The van der Waals surface area contributed by atoms with Crippen molar-refractivity contribution in [2.24, 2.45) is 0 Å². The van der Waals surface area contributed by atoms with Gasteiger partial charge in [0.05, 0.1) is 25.2 Å². The second-order valence-electron chi connectivity index (χ2n) is 10.1. The number of nitro groups is 1. The largest absolute Gasteiger partial charge is 0.437 e. The molecule has 1 spiro atoms. The molecule has 15 heteroatoms. The van der Waals surface area contributed by atoms with Crippen LogP contribution in [0.2, 0.25) is 0 Å². The van der Waals surface area contributed by atoms with E-state index in [-0.39, 0.29) is 36.7 Å². The summed E-state index contributed by atoms with van der Waals surface area (Å²) in [5, 5.41) is 13.5. The highest BCUT2D eigenvalue weighted by atomic mass is 19.4. The Labute approximate surface area is 221 Å². The Morgan fingerprint density at radius 1 is 1.03 bits per heavy atom. The van der Waals surface area contributed by atoms with Gasteiger partial charge in [-0.15, -0.1) is 0 Å². The van der Waals surface area contributed by atoms with Crippen molar-refractivity contribution in [2.45, 2.75) is 31.2 Å². The second-order valence-corrected chi connectivity index (χ2v) is 10.1. The highest BCUT2D eigenvalue weighted by Gasteiger charge is 2.46. The molecule has 2 amide bonds. The van der Waals surface area contributed by atoms with Crippen LogP contribution >= 0.6 is 0 Å². The Morgan fingerprint density at radius 2 is 1.64 bits per heavy atom. The fraction of sp³-hybridized carbons (Fsp3) is 0.542. The van der Waals surface area contributed by atoms with Crippen LogP contribution in [0.15, 0.2) is 30.5 Å². The van der Waals surface area contributed by atoms with E-state index in [1.54, 1.807) is 4.57 Å². The lowest BCUT2D eigenvalue weighted by Crippen LogP contribution is -2.54. The molecule has 2 saturated heterocycles. The zero-order chi connectivity index (χ0) is 27.8. The summed E-state index contributed by atoms with van der Waals surface area (Å²) in [6.07, 6.45) is -1.84. The SMILES string of the molecule is O=C(CN1CCN(CC(=O)N2CCC3(CC2)Cn2cc([N+](=O)[O-])nc2O3)CC1)Nc1ccc(C(F)(F)F)cc1. The van der Waals surface area contributed by atoms with Crippen molar-refractivity contribution < 1.29 is 32.4 Å². The molecule has 0 unspecified atom stereocenters. The van der Waals surface area contributed by atoms with Gasteiger partial charge in [-0.3, -0.25) is 24.0 Å². The van der Waals surface area contributed by atoms with Gasteiger partial charge in [0.2, 0.25) is 11.8 Å². The highest BCUT2D eigenvalue weighted by molar-refractivity contribution is 5.92. The number of anilines is 1. The lowest BCUT2D eigenvalue weighted by Gasteiger charge is -2.39. The summed E-state index contributed by atoms with van der Waals surface area (Å²) in [4.78, 5) is 45.3. The van der Waals surface area contributed by atoms with E-state index in [2.05, 4.69) is 10.3 Å². The molecule has 3 aliphatic heterocycles. The molecule has 39 heavy (non-hydrogen) atoms. The van der Waals surface area contributed by atoms with Crippen molar-refractivity contribution in [1.82, 2.24) is 24.3 Å². The van der Waals surface area contributed by atoms with Crippen LogP contribution in [0.5, 0.6) is 6.01 Å². The summed E-state index contributed by atoms with van der Waals surface area (Å²) in [6.45, 7) is 4.29. The normalized spacial score (nSPS) is 19.5. The zero-order valence-electron chi connectivity index (χ0n) is 21.0. The van der Waals surface area contributed by atoms with Crippen molar-refractivity contribution in [3.8, 4) is 6.01 Å². The van der Waals surface area contributed by atoms with Gasteiger partial charge >= 0.3 is 18.0 Å². The number of halogens is 3. The molecule has 0 radical (unpaired) electrons. The number of hydrogen-bond acceptors (Lipinski definition) is 8. The van der Waals surface area contributed by atoms with Crippen LogP contribution in [-0.4, -0.2) is 98.9 Å². The van der Waals surface area contributed by atoms with Gasteiger partial charge in [-0.1, -0.05) is 0 Å². The predicted octanol–water partition coefficient (Wildman–Crippen LogP) is 1.82. The molecular formula is C24H28F3N7O5. The van der Waals surface area contributed by atoms with Gasteiger partial charge in [0.25, 0.3) is 0 Å². The zero-order valence-corrected chi connectivity index (χ0v) is 21.0. The number of nitrogens with zero attached hydrogens (tertiary/aromatic N) is 6. The standard InChI is InChI=1S/C24H28F3N7O5/c25-24(26,27)17-1-3-18(4-2-17)28-20(35)14-30-9-11-31(12-10-30)15-21(36)32-7-5-23(6-8-32)16-33-13-19(34(37)38)29-22(33)39-23/h1-4,13H,5-12,14-16H2,(H,28,35). The predicted molar refractivity (Wildman–Crippen MR) is 131 cm³/mol. The molecule has 0 atom stereocenters. The van der Waals surface area contributed by atoms with Gasteiger partial charge in [0.1, 0.15) is 11.8 Å². The molecule has 0 bridgehead atoms. The quantitative estimate of drug-likeness (QED) is 0.426. The van der Waals surface area contributed by atoms with Crippen molar-refractivity contribution in [3.63, 3.8) is 0 Å². The molecular weight excluding hydrogens is 523 g/mol. The average molecular weight is 552 g/mol. The number of fused-ring (bicyclic) bond motifs is 1. The number of rotatable bonds is 6. The molecule has 1 aromatic carbocycles. The van der Waals surface area contributed by atoms with Crippen molar-refractivity contribution >= 4 is 23.3 Å². The molecule has 5 rings (SSSR count).